The van der Waals surface area contributed by atoms with Crippen LogP contribution in [0.4, 0.5) is 0 Å². The van der Waals surface area contributed by atoms with E-state index in [1.54, 1.807) is 24.3 Å². The van der Waals surface area contributed by atoms with Crippen LogP contribution in [0.15, 0.2) is 24.3 Å². The van der Waals surface area contributed by atoms with Gasteiger partial charge in [-0.2, -0.15) is 0 Å². The Morgan fingerprint density at radius 2 is 1.89 bits per heavy atom. The standard InChI is InChI=1S/C15H17ClN2O/c16-14-7-5-13(6-8-14)15(19)17-9-1-2-10-18-11-3-4-12-18/h5-8H,3-4,9-12H2,(H,17,19). The SMILES string of the molecule is O=C(NCC#CCN1CCCC1)c1ccc(Cl)cc1. The highest BCUT2D eigenvalue weighted by atomic mass is 35.5. The first-order valence-electron chi connectivity index (χ1n) is 6.47. The molecule has 2 rings (SSSR count). The molecule has 0 radical (unpaired) electrons. The van der Waals surface area contributed by atoms with Crippen molar-refractivity contribution < 1.29 is 4.79 Å². The first kappa shape index (κ1) is 13.9. The maximum atomic E-state index is 11.7. The lowest BCUT2D eigenvalue weighted by atomic mass is 10.2. The van der Waals surface area contributed by atoms with Crippen molar-refractivity contribution >= 4 is 17.5 Å². The van der Waals surface area contributed by atoms with Gasteiger partial charge in [0.1, 0.15) is 0 Å². The molecule has 0 saturated carbocycles. The van der Waals surface area contributed by atoms with Gasteiger partial charge in [-0.15, -0.1) is 0 Å². The predicted octanol–water partition coefficient (Wildman–Crippen LogP) is 2.17. The Morgan fingerprint density at radius 3 is 2.58 bits per heavy atom. The summed E-state index contributed by atoms with van der Waals surface area (Å²) in [6.07, 6.45) is 2.55. The first-order valence-corrected chi connectivity index (χ1v) is 6.85. The van der Waals surface area contributed by atoms with E-state index in [-0.39, 0.29) is 5.91 Å². The molecule has 0 spiro atoms. The van der Waals surface area contributed by atoms with E-state index in [1.165, 1.54) is 12.8 Å². The quantitative estimate of drug-likeness (QED) is 0.858. The number of likely N-dealkylation sites (tertiary alicyclic amines) is 1. The van der Waals surface area contributed by atoms with Crippen LogP contribution in [0, 0.1) is 11.8 Å². The van der Waals surface area contributed by atoms with Crippen LogP contribution in [-0.4, -0.2) is 37.0 Å². The van der Waals surface area contributed by atoms with E-state index in [0.29, 0.717) is 17.1 Å². The molecule has 1 amide bonds. The van der Waals surface area contributed by atoms with Crippen LogP contribution >= 0.6 is 11.6 Å². The van der Waals surface area contributed by atoms with Crippen molar-refractivity contribution in [3.8, 4) is 11.8 Å². The minimum Gasteiger partial charge on any atom is -0.341 e. The number of nitrogens with zero attached hydrogens (tertiary/aromatic N) is 1. The number of halogens is 1. The molecule has 0 aromatic heterocycles. The van der Waals surface area contributed by atoms with Crippen molar-refractivity contribution in [3.05, 3.63) is 34.9 Å². The second kappa shape index (κ2) is 7.18. The zero-order valence-corrected chi connectivity index (χ0v) is 11.5. The molecule has 19 heavy (non-hydrogen) atoms. The molecule has 3 nitrogen and oxygen atoms in total. The van der Waals surface area contributed by atoms with Gasteiger partial charge in [-0.1, -0.05) is 23.4 Å². The van der Waals surface area contributed by atoms with Crippen LogP contribution in [0.1, 0.15) is 23.2 Å². The number of benzene rings is 1. The number of nitrogens with one attached hydrogen (secondary N) is 1. The molecule has 1 heterocycles. The van der Waals surface area contributed by atoms with E-state index in [4.69, 9.17) is 11.6 Å². The van der Waals surface area contributed by atoms with Crippen LogP contribution in [0.3, 0.4) is 0 Å². The maximum Gasteiger partial charge on any atom is 0.252 e. The summed E-state index contributed by atoms with van der Waals surface area (Å²) in [7, 11) is 0. The lowest BCUT2D eigenvalue weighted by Crippen LogP contribution is -2.24. The van der Waals surface area contributed by atoms with Crippen LogP contribution in [0.25, 0.3) is 0 Å². The molecule has 0 aliphatic carbocycles. The van der Waals surface area contributed by atoms with Crippen LogP contribution in [-0.2, 0) is 0 Å². The summed E-state index contributed by atoms with van der Waals surface area (Å²) >= 11 is 5.77. The maximum absolute atomic E-state index is 11.7. The van der Waals surface area contributed by atoms with Gasteiger partial charge in [0, 0.05) is 10.6 Å². The summed E-state index contributed by atoms with van der Waals surface area (Å²) in [5, 5.41) is 3.40. The molecule has 0 bridgehead atoms. The van der Waals surface area contributed by atoms with Crippen molar-refractivity contribution in [2.75, 3.05) is 26.2 Å². The molecular formula is C15H17ClN2O. The smallest absolute Gasteiger partial charge is 0.252 e. The average molecular weight is 277 g/mol. The molecule has 1 aliphatic heterocycles. The Bertz CT molecular complexity index is 481. The first-order chi connectivity index (χ1) is 9.25. The van der Waals surface area contributed by atoms with Crippen LogP contribution < -0.4 is 5.32 Å². The molecule has 0 unspecified atom stereocenters. The monoisotopic (exact) mass is 276 g/mol. The van der Waals surface area contributed by atoms with Gasteiger partial charge in [-0.05, 0) is 50.2 Å². The molecule has 1 N–H and O–H groups in total. The Balaban J connectivity index is 1.71. The van der Waals surface area contributed by atoms with Gasteiger partial charge >= 0.3 is 0 Å². The fourth-order valence-corrected chi connectivity index (χ4v) is 2.12. The van der Waals surface area contributed by atoms with Crippen molar-refractivity contribution in [1.29, 1.82) is 0 Å². The molecule has 1 fully saturated rings. The average Bonchev–Trinajstić information content (AvgIpc) is 2.92. The highest BCUT2D eigenvalue weighted by Gasteiger charge is 2.08. The number of hydrogen-bond donors (Lipinski definition) is 1. The summed E-state index contributed by atoms with van der Waals surface area (Å²) in [6.45, 7) is 3.48. The Labute approximate surface area is 118 Å². The Hall–Kier alpha value is -1.50. The number of hydrogen-bond acceptors (Lipinski definition) is 2. The van der Waals surface area contributed by atoms with Gasteiger partial charge in [0.15, 0.2) is 0 Å². The predicted molar refractivity (Wildman–Crippen MR) is 77.2 cm³/mol. The van der Waals surface area contributed by atoms with Crippen molar-refractivity contribution in [1.82, 2.24) is 10.2 Å². The number of amides is 1. The van der Waals surface area contributed by atoms with E-state index >= 15 is 0 Å². The molecule has 1 saturated heterocycles. The fourth-order valence-electron chi connectivity index (χ4n) is 2.00. The fraction of sp³-hybridized carbons (Fsp3) is 0.400. The zero-order chi connectivity index (χ0) is 13.5. The van der Waals surface area contributed by atoms with E-state index < -0.39 is 0 Å². The second-order valence-electron chi connectivity index (χ2n) is 4.53. The summed E-state index contributed by atoms with van der Waals surface area (Å²) in [4.78, 5) is 14.1. The minimum atomic E-state index is -0.118. The largest absolute Gasteiger partial charge is 0.341 e. The third-order valence-electron chi connectivity index (χ3n) is 3.07. The highest BCUT2D eigenvalue weighted by Crippen LogP contribution is 2.09. The zero-order valence-electron chi connectivity index (χ0n) is 10.8. The van der Waals surface area contributed by atoms with E-state index in [9.17, 15) is 4.79 Å². The minimum absolute atomic E-state index is 0.118. The van der Waals surface area contributed by atoms with Crippen molar-refractivity contribution in [2.24, 2.45) is 0 Å². The van der Waals surface area contributed by atoms with Gasteiger partial charge < -0.3 is 5.32 Å². The normalized spacial score (nSPS) is 14.8. The highest BCUT2D eigenvalue weighted by molar-refractivity contribution is 6.30. The van der Waals surface area contributed by atoms with Crippen molar-refractivity contribution in [2.45, 2.75) is 12.8 Å². The van der Waals surface area contributed by atoms with E-state index in [2.05, 4.69) is 22.1 Å². The number of rotatable bonds is 3. The van der Waals surface area contributed by atoms with Crippen LogP contribution in [0.2, 0.25) is 5.02 Å². The molecule has 4 heteroatoms. The van der Waals surface area contributed by atoms with Crippen molar-refractivity contribution in [3.63, 3.8) is 0 Å². The molecule has 100 valence electrons. The summed E-state index contributed by atoms with van der Waals surface area (Å²) in [5.41, 5.74) is 0.603. The van der Waals surface area contributed by atoms with Gasteiger partial charge in [0.25, 0.3) is 5.91 Å². The topological polar surface area (TPSA) is 32.3 Å². The summed E-state index contributed by atoms with van der Waals surface area (Å²) in [6, 6.07) is 6.82. The molecule has 1 aliphatic rings. The second-order valence-corrected chi connectivity index (χ2v) is 4.96. The molecule has 1 aromatic carbocycles. The van der Waals surface area contributed by atoms with E-state index in [1.807, 2.05) is 0 Å². The number of carbonyl (C=O) groups excluding carboxylic acids is 1. The lowest BCUT2D eigenvalue weighted by molar-refractivity contribution is 0.0958. The van der Waals surface area contributed by atoms with Gasteiger partial charge in [0.05, 0.1) is 13.1 Å². The molecule has 0 atom stereocenters. The van der Waals surface area contributed by atoms with Gasteiger partial charge in [-0.25, -0.2) is 0 Å². The summed E-state index contributed by atoms with van der Waals surface area (Å²) in [5.74, 6) is 5.94. The third-order valence-corrected chi connectivity index (χ3v) is 3.32. The summed E-state index contributed by atoms with van der Waals surface area (Å²) < 4.78 is 0. The molecule has 1 aromatic rings. The molecular weight excluding hydrogens is 260 g/mol. The third kappa shape index (κ3) is 4.59. The lowest BCUT2D eigenvalue weighted by Gasteiger charge is -2.08. The Morgan fingerprint density at radius 1 is 1.21 bits per heavy atom. The van der Waals surface area contributed by atoms with E-state index in [0.717, 1.165) is 19.6 Å². The van der Waals surface area contributed by atoms with Gasteiger partial charge in [0.2, 0.25) is 0 Å². The van der Waals surface area contributed by atoms with Gasteiger partial charge in [-0.3, -0.25) is 9.69 Å². The Kier molecular flexibility index (Phi) is 5.26. The van der Waals surface area contributed by atoms with Crippen LogP contribution in [0.5, 0.6) is 0 Å². The number of carbonyl (C=O) groups is 1.